The molecule has 0 radical (unpaired) electrons. The zero-order valence-corrected chi connectivity index (χ0v) is 14.6. The number of amides is 3. The number of hydrogen-bond acceptors (Lipinski definition) is 6. The summed E-state index contributed by atoms with van der Waals surface area (Å²) in [6.45, 7) is 0.832. The molecule has 0 spiro atoms. The fourth-order valence-electron chi connectivity index (χ4n) is 3.55. The van der Waals surface area contributed by atoms with E-state index in [4.69, 9.17) is 5.73 Å². The van der Waals surface area contributed by atoms with Crippen molar-refractivity contribution < 1.29 is 14.4 Å². The van der Waals surface area contributed by atoms with Crippen LogP contribution in [0.1, 0.15) is 34.3 Å². The molecular weight excluding hydrogens is 346 g/mol. The summed E-state index contributed by atoms with van der Waals surface area (Å²) < 4.78 is 0. The van der Waals surface area contributed by atoms with E-state index in [1.807, 2.05) is 24.3 Å². The Morgan fingerprint density at radius 3 is 2.78 bits per heavy atom. The van der Waals surface area contributed by atoms with E-state index >= 15 is 0 Å². The van der Waals surface area contributed by atoms with Crippen LogP contribution in [0.15, 0.2) is 36.4 Å². The first-order valence-electron chi connectivity index (χ1n) is 8.75. The van der Waals surface area contributed by atoms with Crippen LogP contribution in [0.3, 0.4) is 0 Å². The van der Waals surface area contributed by atoms with Gasteiger partial charge in [0.2, 0.25) is 11.8 Å². The average molecular weight is 365 g/mol. The molecule has 1 saturated heterocycles. The number of nitrogens with zero attached hydrogens (tertiary/aromatic N) is 2. The Balaban J connectivity index is 1.54. The van der Waals surface area contributed by atoms with Crippen molar-refractivity contribution in [3.63, 3.8) is 0 Å². The van der Waals surface area contributed by atoms with Gasteiger partial charge < -0.3 is 16.0 Å². The van der Waals surface area contributed by atoms with E-state index in [1.165, 1.54) is 0 Å². The summed E-state index contributed by atoms with van der Waals surface area (Å²) in [6, 6.07) is 10.3. The summed E-state index contributed by atoms with van der Waals surface area (Å²) in [5.74, 6) is 0.204. The fraction of sp³-hybridized carbons (Fsp3) is 0.263. The third-order valence-corrected chi connectivity index (χ3v) is 4.91. The SMILES string of the molecule is Nc1cccc(NCc2cccc3c2CN(C2CCC(=O)NC2=O)C3=O)n1. The summed E-state index contributed by atoms with van der Waals surface area (Å²) in [4.78, 5) is 42.1. The fourth-order valence-corrected chi connectivity index (χ4v) is 3.55. The van der Waals surface area contributed by atoms with Crippen LogP contribution in [0.5, 0.6) is 0 Å². The van der Waals surface area contributed by atoms with Gasteiger partial charge in [0, 0.05) is 25.1 Å². The number of piperidine rings is 1. The topological polar surface area (TPSA) is 117 Å². The second-order valence-corrected chi connectivity index (χ2v) is 6.64. The number of nitrogens with one attached hydrogen (secondary N) is 2. The Bertz CT molecular complexity index is 943. The minimum atomic E-state index is -0.612. The molecule has 0 aliphatic carbocycles. The first-order chi connectivity index (χ1) is 13.0. The minimum Gasteiger partial charge on any atom is -0.384 e. The van der Waals surface area contributed by atoms with Crippen molar-refractivity contribution >= 4 is 29.4 Å². The van der Waals surface area contributed by atoms with Gasteiger partial charge in [-0.25, -0.2) is 4.98 Å². The van der Waals surface area contributed by atoms with E-state index in [9.17, 15) is 14.4 Å². The van der Waals surface area contributed by atoms with Gasteiger partial charge in [0.05, 0.1) is 0 Å². The van der Waals surface area contributed by atoms with Gasteiger partial charge in [0.25, 0.3) is 5.91 Å². The largest absolute Gasteiger partial charge is 0.384 e. The number of carbonyl (C=O) groups is 3. The van der Waals surface area contributed by atoms with E-state index in [2.05, 4.69) is 15.6 Å². The number of carbonyl (C=O) groups excluding carboxylic acids is 3. The molecule has 1 fully saturated rings. The Morgan fingerprint density at radius 2 is 2.00 bits per heavy atom. The van der Waals surface area contributed by atoms with Crippen molar-refractivity contribution in [2.75, 3.05) is 11.1 Å². The standard InChI is InChI=1S/C19H19N5O3/c20-15-5-2-6-16(22-15)21-9-11-3-1-4-12-13(11)10-24(19(12)27)14-7-8-17(25)23-18(14)26/h1-6,14H,7-10H2,(H3,20,21,22)(H,23,25,26). The molecule has 8 nitrogen and oxygen atoms in total. The number of anilines is 2. The molecule has 3 amide bonds. The lowest BCUT2D eigenvalue weighted by Gasteiger charge is -2.29. The predicted molar refractivity (Wildman–Crippen MR) is 98.5 cm³/mol. The van der Waals surface area contributed by atoms with E-state index in [1.54, 1.807) is 17.0 Å². The molecule has 1 aromatic carbocycles. The Morgan fingerprint density at radius 1 is 1.19 bits per heavy atom. The normalized spacial score (nSPS) is 19.0. The highest BCUT2D eigenvalue weighted by molar-refractivity contribution is 6.05. The first kappa shape index (κ1) is 17.0. The van der Waals surface area contributed by atoms with Crippen molar-refractivity contribution in [3.8, 4) is 0 Å². The molecule has 2 aliphatic heterocycles. The Labute approximate surface area is 155 Å². The molecule has 4 rings (SSSR count). The number of imide groups is 1. The van der Waals surface area contributed by atoms with Gasteiger partial charge in [0.1, 0.15) is 17.7 Å². The summed E-state index contributed by atoms with van der Waals surface area (Å²) in [5, 5.41) is 5.53. The maximum Gasteiger partial charge on any atom is 0.255 e. The lowest BCUT2D eigenvalue weighted by Crippen LogP contribution is -2.52. The molecule has 0 bridgehead atoms. The second-order valence-electron chi connectivity index (χ2n) is 6.64. The molecule has 1 unspecified atom stereocenters. The molecule has 0 saturated carbocycles. The summed E-state index contributed by atoms with van der Waals surface area (Å²) in [6.07, 6.45) is 0.594. The van der Waals surface area contributed by atoms with Crippen LogP contribution >= 0.6 is 0 Å². The van der Waals surface area contributed by atoms with E-state index < -0.39 is 11.9 Å². The van der Waals surface area contributed by atoms with Crippen LogP contribution in [-0.2, 0) is 22.7 Å². The van der Waals surface area contributed by atoms with Crippen molar-refractivity contribution in [3.05, 3.63) is 53.1 Å². The molecule has 4 N–H and O–H groups in total. The van der Waals surface area contributed by atoms with Gasteiger partial charge >= 0.3 is 0 Å². The van der Waals surface area contributed by atoms with Gasteiger partial charge in [-0.2, -0.15) is 0 Å². The lowest BCUT2D eigenvalue weighted by atomic mass is 10.0. The van der Waals surface area contributed by atoms with Gasteiger partial charge in [0.15, 0.2) is 0 Å². The number of nitrogens with two attached hydrogens (primary N) is 1. The predicted octanol–water partition coefficient (Wildman–Crippen LogP) is 1.04. The quantitative estimate of drug-likeness (QED) is 0.697. The van der Waals surface area contributed by atoms with Crippen LogP contribution < -0.4 is 16.4 Å². The van der Waals surface area contributed by atoms with Gasteiger partial charge in [-0.3, -0.25) is 19.7 Å². The molecule has 2 aliphatic rings. The summed E-state index contributed by atoms with van der Waals surface area (Å²) >= 11 is 0. The monoisotopic (exact) mass is 365 g/mol. The van der Waals surface area contributed by atoms with Gasteiger partial charge in [-0.05, 0) is 35.7 Å². The summed E-state index contributed by atoms with van der Waals surface area (Å²) in [7, 11) is 0. The van der Waals surface area contributed by atoms with Gasteiger partial charge in [-0.1, -0.05) is 18.2 Å². The highest BCUT2D eigenvalue weighted by Crippen LogP contribution is 2.30. The van der Waals surface area contributed by atoms with Crippen LogP contribution in [0.4, 0.5) is 11.6 Å². The first-order valence-corrected chi connectivity index (χ1v) is 8.75. The third-order valence-electron chi connectivity index (χ3n) is 4.91. The molecule has 3 heterocycles. The van der Waals surface area contributed by atoms with Crippen molar-refractivity contribution in [2.24, 2.45) is 0 Å². The van der Waals surface area contributed by atoms with Crippen LogP contribution in [-0.4, -0.2) is 33.6 Å². The zero-order chi connectivity index (χ0) is 19.0. The molecule has 1 atom stereocenters. The number of nitrogen functional groups attached to an aromatic ring is 1. The zero-order valence-electron chi connectivity index (χ0n) is 14.6. The number of hydrogen-bond donors (Lipinski definition) is 3. The number of benzene rings is 1. The third kappa shape index (κ3) is 3.21. The molecule has 1 aromatic heterocycles. The lowest BCUT2D eigenvalue weighted by molar-refractivity contribution is -0.136. The number of pyridine rings is 1. The molecule has 2 aromatic rings. The van der Waals surface area contributed by atoms with Crippen LogP contribution in [0, 0.1) is 0 Å². The summed E-state index contributed by atoms with van der Waals surface area (Å²) in [5.41, 5.74) is 8.14. The van der Waals surface area contributed by atoms with Crippen LogP contribution in [0.25, 0.3) is 0 Å². The number of aromatic nitrogens is 1. The molecular formula is C19H19N5O3. The van der Waals surface area contributed by atoms with Crippen molar-refractivity contribution in [2.45, 2.75) is 32.0 Å². The number of rotatable bonds is 4. The Kier molecular flexibility index (Phi) is 4.23. The van der Waals surface area contributed by atoms with E-state index in [0.717, 1.165) is 11.1 Å². The average Bonchev–Trinajstić information content (AvgIpc) is 2.97. The van der Waals surface area contributed by atoms with Gasteiger partial charge in [-0.15, -0.1) is 0 Å². The highest BCUT2D eigenvalue weighted by Gasteiger charge is 2.39. The van der Waals surface area contributed by atoms with Crippen molar-refractivity contribution in [1.29, 1.82) is 0 Å². The number of fused-ring (bicyclic) bond motifs is 1. The molecule has 8 heteroatoms. The van der Waals surface area contributed by atoms with Crippen LogP contribution in [0.2, 0.25) is 0 Å². The van der Waals surface area contributed by atoms with Crippen molar-refractivity contribution in [1.82, 2.24) is 15.2 Å². The maximum absolute atomic E-state index is 12.8. The molecule has 138 valence electrons. The highest BCUT2D eigenvalue weighted by atomic mass is 16.2. The second kappa shape index (κ2) is 6.71. The smallest absolute Gasteiger partial charge is 0.255 e. The minimum absolute atomic E-state index is 0.177. The Hall–Kier alpha value is -3.42. The molecule has 27 heavy (non-hydrogen) atoms. The maximum atomic E-state index is 12.8. The van der Waals surface area contributed by atoms with E-state index in [-0.39, 0.29) is 18.2 Å². The van der Waals surface area contributed by atoms with E-state index in [0.29, 0.717) is 36.7 Å².